The summed E-state index contributed by atoms with van der Waals surface area (Å²) in [6.07, 6.45) is 1.30. The maximum atomic E-state index is 9.52. The van der Waals surface area contributed by atoms with Crippen LogP contribution in [-0.4, -0.2) is 55.3 Å². The maximum Gasteiger partial charge on any atom is 0.167 e. The van der Waals surface area contributed by atoms with Gasteiger partial charge in [-0.3, -0.25) is 4.57 Å². The van der Waals surface area contributed by atoms with Gasteiger partial charge in [0, 0.05) is 0 Å². The molecule has 2 saturated heterocycles. The number of aliphatic hydroxyl groups excluding tert-OH is 1. The number of nitrogens with two attached hydrogens (primary N) is 1. The summed E-state index contributed by atoms with van der Waals surface area (Å²) in [5, 5.41) is 9.52. The van der Waals surface area contributed by atoms with E-state index >= 15 is 0 Å². The van der Waals surface area contributed by atoms with Gasteiger partial charge in [-0.1, -0.05) is 0 Å². The minimum atomic E-state index is -0.727. The lowest BCUT2D eigenvalue weighted by atomic mass is 10.1. The van der Waals surface area contributed by atoms with Crippen LogP contribution in [0.1, 0.15) is 20.1 Å². The number of imidazole rings is 1. The summed E-state index contributed by atoms with van der Waals surface area (Å²) in [4.78, 5) is 12.4. The molecule has 0 unspecified atom stereocenters. The van der Waals surface area contributed by atoms with E-state index in [2.05, 4.69) is 15.0 Å². The van der Waals surface area contributed by atoms with Gasteiger partial charge in [-0.25, -0.2) is 15.0 Å². The molecule has 0 amide bonds. The predicted octanol–water partition coefficient (Wildman–Crippen LogP) is -0.182. The number of ether oxygens (including phenoxy) is 3. The minimum Gasteiger partial charge on any atom is -0.394 e. The van der Waals surface area contributed by atoms with Crippen molar-refractivity contribution >= 4 is 17.0 Å². The third kappa shape index (κ3) is 1.90. The third-order valence-corrected chi connectivity index (χ3v) is 3.97. The molecule has 0 spiro atoms. The van der Waals surface area contributed by atoms with E-state index in [4.69, 9.17) is 19.9 Å². The molecule has 2 aliphatic rings. The van der Waals surface area contributed by atoms with Crippen molar-refractivity contribution in [3.8, 4) is 0 Å². The van der Waals surface area contributed by atoms with Gasteiger partial charge in [-0.05, 0) is 13.8 Å². The Kier molecular flexibility index (Phi) is 2.89. The van der Waals surface area contributed by atoms with E-state index in [1.807, 2.05) is 13.8 Å². The van der Waals surface area contributed by atoms with Crippen LogP contribution in [0, 0.1) is 0 Å². The normalized spacial score (nSPS) is 33.4. The van der Waals surface area contributed by atoms with E-state index in [0.717, 1.165) is 0 Å². The average molecular weight is 307 g/mol. The Hall–Kier alpha value is -1.81. The monoisotopic (exact) mass is 307 g/mol. The average Bonchev–Trinajstić information content (AvgIpc) is 3.10. The van der Waals surface area contributed by atoms with Crippen LogP contribution >= 0.6 is 0 Å². The van der Waals surface area contributed by atoms with Gasteiger partial charge in [0.1, 0.15) is 30.2 Å². The zero-order valence-electron chi connectivity index (χ0n) is 12.2. The van der Waals surface area contributed by atoms with Crippen molar-refractivity contribution in [2.75, 3.05) is 12.3 Å². The highest BCUT2D eigenvalue weighted by molar-refractivity contribution is 5.81. The van der Waals surface area contributed by atoms with Crippen LogP contribution in [0.5, 0.6) is 0 Å². The molecule has 9 heteroatoms. The van der Waals surface area contributed by atoms with Gasteiger partial charge >= 0.3 is 0 Å². The van der Waals surface area contributed by atoms with E-state index in [1.54, 1.807) is 10.9 Å². The van der Waals surface area contributed by atoms with E-state index in [9.17, 15) is 5.11 Å². The summed E-state index contributed by atoms with van der Waals surface area (Å²) in [6, 6.07) is 0. The molecule has 0 aliphatic carbocycles. The lowest BCUT2D eigenvalue weighted by molar-refractivity contribution is -0.199. The molecule has 4 heterocycles. The number of nitrogens with zero attached hydrogens (tertiary/aromatic N) is 4. The van der Waals surface area contributed by atoms with E-state index in [-0.39, 0.29) is 18.8 Å². The Bertz CT molecular complexity index is 718. The number of fused-ring (bicyclic) bond motifs is 2. The van der Waals surface area contributed by atoms with Crippen LogP contribution < -0.4 is 5.73 Å². The largest absolute Gasteiger partial charge is 0.394 e. The molecular formula is C13H17N5O4. The van der Waals surface area contributed by atoms with Crippen LogP contribution in [0.15, 0.2) is 12.7 Å². The second-order valence-electron chi connectivity index (χ2n) is 5.90. The predicted molar refractivity (Wildman–Crippen MR) is 74.6 cm³/mol. The van der Waals surface area contributed by atoms with E-state index < -0.39 is 18.1 Å². The molecule has 2 fully saturated rings. The van der Waals surface area contributed by atoms with E-state index in [0.29, 0.717) is 17.0 Å². The highest BCUT2D eigenvalue weighted by Gasteiger charge is 2.55. The third-order valence-electron chi connectivity index (χ3n) is 3.97. The lowest BCUT2D eigenvalue weighted by Gasteiger charge is -2.24. The Morgan fingerprint density at radius 1 is 1.27 bits per heavy atom. The van der Waals surface area contributed by atoms with Crippen molar-refractivity contribution < 1.29 is 19.3 Å². The zero-order chi connectivity index (χ0) is 15.5. The van der Waals surface area contributed by atoms with E-state index in [1.165, 1.54) is 6.33 Å². The molecule has 0 aromatic carbocycles. The summed E-state index contributed by atoms with van der Waals surface area (Å²) in [7, 11) is 0. The fraction of sp³-hybridized carbons (Fsp3) is 0.615. The summed E-state index contributed by atoms with van der Waals surface area (Å²) in [5.74, 6) is -0.421. The van der Waals surface area contributed by atoms with Gasteiger partial charge in [-0.15, -0.1) is 0 Å². The number of nitrogen functional groups attached to an aromatic ring is 1. The zero-order valence-corrected chi connectivity index (χ0v) is 12.2. The highest BCUT2D eigenvalue weighted by Crippen LogP contribution is 2.43. The molecule has 2 aromatic rings. The van der Waals surface area contributed by atoms with Gasteiger partial charge in [0.25, 0.3) is 0 Å². The first-order valence-electron chi connectivity index (χ1n) is 7.05. The van der Waals surface area contributed by atoms with Gasteiger partial charge < -0.3 is 25.1 Å². The molecule has 22 heavy (non-hydrogen) atoms. The molecule has 2 aliphatic heterocycles. The van der Waals surface area contributed by atoms with Crippen molar-refractivity contribution in [1.29, 1.82) is 0 Å². The van der Waals surface area contributed by atoms with Crippen molar-refractivity contribution in [3.63, 3.8) is 0 Å². The topological polar surface area (TPSA) is 118 Å². The van der Waals surface area contributed by atoms with Gasteiger partial charge in [-0.2, -0.15) is 0 Å². The second kappa shape index (κ2) is 4.59. The summed E-state index contributed by atoms with van der Waals surface area (Å²) in [6.45, 7) is 3.52. The first kappa shape index (κ1) is 13.8. The Morgan fingerprint density at radius 3 is 2.82 bits per heavy atom. The number of hydrogen-bond donors (Lipinski definition) is 2. The van der Waals surface area contributed by atoms with Crippen LogP contribution in [0.25, 0.3) is 11.2 Å². The van der Waals surface area contributed by atoms with Crippen molar-refractivity contribution in [1.82, 2.24) is 19.5 Å². The molecule has 0 saturated carbocycles. The summed E-state index contributed by atoms with van der Waals surface area (Å²) >= 11 is 0. The Morgan fingerprint density at radius 2 is 2.05 bits per heavy atom. The Labute approximate surface area is 126 Å². The van der Waals surface area contributed by atoms with Crippen LogP contribution in [0.2, 0.25) is 0 Å². The van der Waals surface area contributed by atoms with Crippen molar-refractivity contribution in [2.45, 2.75) is 44.2 Å². The fourth-order valence-electron chi connectivity index (χ4n) is 3.09. The molecule has 4 rings (SSSR count). The summed E-state index contributed by atoms with van der Waals surface area (Å²) < 4.78 is 19.4. The molecule has 3 N–H and O–H groups in total. The fourth-order valence-corrected chi connectivity index (χ4v) is 3.09. The van der Waals surface area contributed by atoms with Crippen LogP contribution in [-0.2, 0) is 14.2 Å². The maximum absolute atomic E-state index is 9.52. The molecule has 4 atom stereocenters. The first-order chi connectivity index (χ1) is 10.5. The highest BCUT2D eigenvalue weighted by atomic mass is 16.8. The number of rotatable bonds is 2. The molecule has 9 nitrogen and oxygen atoms in total. The lowest BCUT2D eigenvalue weighted by Crippen LogP contribution is -2.31. The second-order valence-corrected chi connectivity index (χ2v) is 5.90. The molecule has 118 valence electrons. The van der Waals surface area contributed by atoms with Crippen molar-refractivity contribution in [2.24, 2.45) is 0 Å². The van der Waals surface area contributed by atoms with Crippen LogP contribution in [0.4, 0.5) is 5.82 Å². The van der Waals surface area contributed by atoms with Gasteiger partial charge in [0.15, 0.2) is 23.5 Å². The number of hydrogen-bond acceptors (Lipinski definition) is 8. The molecule has 2 aromatic heterocycles. The first-order valence-corrected chi connectivity index (χ1v) is 7.05. The molecule has 0 radical (unpaired) electrons. The van der Waals surface area contributed by atoms with Gasteiger partial charge in [0.05, 0.1) is 12.9 Å². The standard InChI is InChI=1S/C13H17N5O4/c1-13(2)21-8-6(3-19)20-12(9(8)22-13)18-5-17-7-10(14)15-4-16-11(7)18/h4-6,8-9,12,19H,3H2,1-2H3,(H2,14,15,16)/t6-,8+,9+,12-/m0/s1. The number of aliphatic hydroxyl groups is 1. The van der Waals surface area contributed by atoms with Crippen molar-refractivity contribution in [3.05, 3.63) is 12.7 Å². The number of aromatic nitrogens is 4. The Balaban J connectivity index is 1.77. The molecule has 0 bridgehead atoms. The molecular weight excluding hydrogens is 290 g/mol. The quantitative estimate of drug-likeness (QED) is 0.784. The van der Waals surface area contributed by atoms with Crippen LogP contribution in [0.3, 0.4) is 0 Å². The summed E-state index contributed by atoms with van der Waals surface area (Å²) in [5.41, 5.74) is 6.87. The smallest absolute Gasteiger partial charge is 0.167 e. The van der Waals surface area contributed by atoms with Gasteiger partial charge in [0.2, 0.25) is 0 Å². The minimum absolute atomic E-state index is 0.152. The SMILES string of the molecule is CC1(C)O[C@@H]2[C@H](O1)[C@H](CO)O[C@@H]2n1cnc2c(N)ncnc21. The number of anilines is 1.